The minimum absolute atomic E-state index is 0.410. The zero-order chi connectivity index (χ0) is 24.2. The summed E-state index contributed by atoms with van der Waals surface area (Å²) in [5, 5.41) is 6.94. The predicted molar refractivity (Wildman–Crippen MR) is 134 cm³/mol. The van der Waals surface area contributed by atoms with Gasteiger partial charge in [0.15, 0.2) is 5.58 Å². The number of aromatic amines is 1. The summed E-state index contributed by atoms with van der Waals surface area (Å²) in [6.45, 7) is 6.66. The van der Waals surface area contributed by atoms with Crippen molar-refractivity contribution in [1.82, 2.24) is 19.9 Å². The number of nitrogens with zero attached hydrogens (tertiary/aromatic N) is 3. The van der Waals surface area contributed by atoms with Crippen LogP contribution in [0.1, 0.15) is 5.56 Å². The van der Waals surface area contributed by atoms with Crippen LogP contribution in [0.25, 0.3) is 11.1 Å². The molecule has 35 heavy (non-hydrogen) atoms. The zero-order valence-corrected chi connectivity index (χ0v) is 19.9. The number of benzene rings is 2. The summed E-state index contributed by atoms with van der Waals surface area (Å²) in [6.07, 6.45) is 1.72. The van der Waals surface area contributed by atoms with Gasteiger partial charge in [0.05, 0.1) is 23.8 Å². The molecule has 2 aromatic carbocycles. The van der Waals surface area contributed by atoms with Crippen molar-refractivity contribution in [2.75, 3.05) is 50.1 Å². The van der Waals surface area contributed by atoms with Crippen LogP contribution in [-0.4, -0.2) is 59.3 Å². The van der Waals surface area contributed by atoms with Crippen LogP contribution in [0.2, 0.25) is 5.02 Å². The van der Waals surface area contributed by atoms with E-state index in [9.17, 15) is 4.79 Å². The molecule has 0 spiro atoms. The number of rotatable bonds is 8. The van der Waals surface area contributed by atoms with Crippen molar-refractivity contribution in [2.45, 2.75) is 6.92 Å². The third-order valence-electron chi connectivity index (χ3n) is 5.61. The fraction of sp³-hybridized carbons (Fsp3) is 0.292. The smallest absolute Gasteiger partial charge is 0.417 e. The quantitative estimate of drug-likeness (QED) is 0.331. The number of aromatic nitrogens is 3. The maximum Gasteiger partial charge on any atom is 0.417 e. The molecular weight excluding hydrogens is 472 g/mol. The lowest BCUT2D eigenvalue weighted by molar-refractivity contribution is 0.0322. The molecule has 0 amide bonds. The van der Waals surface area contributed by atoms with Crippen molar-refractivity contribution >= 4 is 45.8 Å². The van der Waals surface area contributed by atoms with Crippen molar-refractivity contribution < 1.29 is 13.9 Å². The lowest BCUT2D eigenvalue weighted by Crippen LogP contribution is -2.38. The first kappa shape index (κ1) is 23.2. The van der Waals surface area contributed by atoms with E-state index in [2.05, 4.69) is 30.5 Å². The third-order valence-corrected chi connectivity index (χ3v) is 5.91. The summed E-state index contributed by atoms with van der Waals surface area (Å²) in [4.78, 5) is 25.3. The van der Waals surface area contributed by atoms with E-state index in [1.165, 1.54) is 0 Å². The van der Waals surface area contributed by atoms with Gasteiger partial charge in [-0.25, -0.2) is 9.78 Å². The van der Waals surface area contributed by atoms with Gasteiger partial charge in [-0.2, -0.15) is 4.98 Å². The largest absolute Gasteiger partial charge is 0.491 e. The second-order valence-electron chi connectivity index (χ2n) is 8.15. The van der Waals surface area contributed by atoms with Crippen LogP contribution in [-0.2, 0) is 4.74 Å². The molecule has 11 heteroatoms. The van der Waals surface area contributed by atoms with E-state index < -0.39 is 5.76 Å². The molecule has 2 aromatic heterocycles. The Bertz CT molecular complexity index is 1380. The Kier molecular flexibility index (Phi) is 6.84. The number of H-pyrrole nitrogens is 1. The van der Waals surface area contributed by atoms with Gasteiger partial charge in [0.25, 0.3) is 0 Å². The fourth-order valence-corrected chi connectivity index (χ4v) is 3.96. The third kappa shape index (κ3) is 5.73. The van der Waals surface area contributed by atoms with Gasteiger partial charge < -0.3 is 24.5 Å². The number of anilines is 4. The molecule has 3 N–H and O–H groups in total. The molecule has 0 saturated carbocycles. The first-order valence-electron chi connectivity index (χ1n) is 11.3. The van der Waals surface area contributed by atoms with E-state index in [4.69, 9.17) is 25.5 Å². The number of hydrogen-bond acceptors (Lipinski definition) is 9. The van der Waals surface area contributed by atoms with E-state index in [0.717, 1.165) is 49.8 Å². The minimum Gasteiger partial charge on any atom is -0.491 e. The van der Waals surface area contributed by atoms with Crippen LogP contribution in [0.4, 0.5) is 23.1 Å². The van der Waals surface area contributed by atoms with Crippen molar-refractivity contribution in [3.8, 4) is 5.75 Å². The highest BCUT2D eigenvalue weighted by molar-refractivity contribution is 6.32. The van der Waals surface area contributed by atoms with Crippen molar-refractivity contribution in [1.29, 1.82) is 0 Å². The molecule has 4 aromatic rings. The van der Waals surface area contributed by atoms with Gasteiger partial charge in [-0.1, -0.05) is 11.6 Å². The average Bonchev–Trinajstić information content (AvgIpc) is 3.22. The van der Waals surface area contributed by atoms with Crippen LogP contribution >= 0.6 is 11.6 Å². The second kappa shape index (κ2) is 10.3. The normalized spacial score (nSPS) is 14.2. The molecule has 3 heterocycles. The molecule has 1 saturated heterocycles. The number of hydrogen-bond donors (Lipinski definition) is 3. The Morgan fingerprint density at radius 3 is 2.77 bits per heavy atom. The molecule has 0 radical (unpaired) electrons. The molecule has 1 aliphatic rings. The van der Waals surface area contributed by atoms with Crippen LogP contribution in [0.3, 0.4) is 0 Å². The lowest BCUT2D eigenvalue weighted by Gasteiger charge is -2.26. The molecular formula is C24H25ClN6O4. The molecule has 1 aliphatic heterocycles. The molecule has 0 aliphatic carbocycles. The highest BCUT2D eigenvalue weighted by Gasteiger charge is 2.12. The topological polar surface area (TPSA) is 118 Å². The Balaban J connectivity index is 1.23. The molecule has 5 rings (SSSR count). The number of morpholine rings is 1. The van der Waals surface area contributed by atoms with Crippen molar-refractivity contribution in [3.05, 3.63) is 63.7 Å². The Morgan fingerprint density at radius 2 is 1.94 bits per heavy atom. The Morgan fingerprint density at radius 1 is 1.14 bits per heavy atom. The van der Waals surface area contributed by atoms with E-state index in [0.29, 0.717) is 40.2 Å². The number of nitrogens with one attached hydrogen (secondary N) is 3. The zero-order valence-electron chi connectivity index (χ0n) is 19.1. The number of oxazole rings is 1. The van der Waals surface area contributed by atoms with Gasteiger partial charge >= 0.3 is 5.76 Å². The Hall–Kier alpha value is -3.60. The highest BCUT2D eigenvalue weighted by Crippen LogP contribution is 2.29. The lowest BCUT2D eigenvalue weighted by atomic mass is 10.2. The van der Waals surface area contributed by atoms with Gasteiger partial charge in [0, 0.05) is 42.8 Å². The van der Waals surface area contributed by atoms with Gasteiger partial charge in [-0.15, -0.1) is 0 Å². The molecule has 182 valence electrons. The number of fused-ring (bicyclic) bond motifs is 1. The first-order valence-corrected chi connectivity index (χ1v) is 11.6. The summed E-state index contributed by atoms with van der Waals surface area (Å²) >= 11 is 6.45. The van der Waals surface area contributed by atoms with E-state index in [1.807, 2.05) is 25.1 Å². The minimum atomic E-state index is -0.492. The maximum absolute atomic E-state index is 11.4. The maximum atomic E-state index is 11.4. The van der Waals surface area contributed by atoms with Crippen molar-refractivity contribution in [3.63, 3.8) is 0 Å². The van der Waals surface area contributed by atoms with Gasteiger partial charge in [-0.3, -0.25) is 9.88 Å². The summed E-state index contributed by atoms with van der Waals surface area (Å²) in [6, 6.07) is 10.8. The van der Waals surface area contributed by atoms with Crippen LogP contribution < -0.4 is 21.1 Å². The van der Waals surface area contributed by atoms with Crippen LogP contribution in [0.5, 0.6) is 5.75 Å². The molecule has 10 nitrogen and oxygen atoms in total. The van der Waals surface area contributed by atoms with Crippen LogP contribution in [0, 0.1) is 6.92 Å². The number of aryl methyl sites for hydroxylation is 1. The number of ether oxygens (including phenoxy) is 2. The standard InChI is InChI=1S/C24H25ClN6O4/c1-15-14-26-23(30-22(15)27-17-3-5-21-19(13-17)29-24(32)35-21)28-16-2-4-20(18(25)12-16)34-11-8-31-6-9-33-10-7-31/h2-5,12-14H,6-11H2,1H3,(H,29,32)(H2,26,27,28,30). The van der Waals surface area contributed by atoms with Crippen LogP contribution in [0.15, 0.2) is 51.8 Å². The first-order chi connectivity index (χ1) is 17.0. The summed E-state index contributed by atoms with van der Waals surface area (Å²) < 4.78 is 16.3. The molecule has 0 atom stereocenters. The SMILES string of the molecule is Cc1cnc(Nc2ccc(OCCN3CCOCC3)c(Cl)c2)nc1Nc1ccc2oc(=O)[nH]c2c1. The van der Waals surface area contributed by atoms with E-state index in [-0.39, 0.29) is 0 Å². The fourth-order valence-electron chi connectivity index (χ4n) is 3.73. The summed E-state index contributed by atoms with van der Waals surface area (Å²) in [5.74, 6) is 1.18. The predicted octanol–water partition coefficient (Wildman–Crippen LogP) is 4.07. The van der Waals surface area contributed by atoms with Gasteiger partial charge in [0.2, 0.25) is 5.95 Å². The highest BCUT2D eigenvalue weighted by atomic mass is 35.5. The second-order valence-corrected chi connectivity index (χ2v) is 8.56. The molecule has 0 bridgehead atoms. The van der Waals surface area contributed by atoms with Crippen molar-refractivity contribution in [2.24, 2.45) is 0 Å². The van der Waals surface area contributed by atoms with Gasteiger partial charge in [0.1, 0.15) is 18.2 Å². The summed E-state index contributed by atoms with van der Waals surface area (Å²) in [7, 11) is 0. The molecule has 1 fully saturated rings. The molecule has 0 unspecified atom stereocenters. The van der Waals surface area contributed by atoms with E-state index in [1.54, 1.807) is 24.4 Å². The van der Waals surface area contributed by atoms with E-state index >= 15 is 0 Å². The monoisotopic (exact) mass is 496 g/mol. The number of halogens is 1. The summed E-state index contributed by atoms with van der Waals surface area (Å²) in [5.41, 5.74) is 3.45. The average molecular weight is 497 g/mol. The Labute approximate surface area is 206 Å². The van der Waals surface area contributed by atoms with Gasteiger partial charge in [-0.05, 0) is 43.3 Å².